The van der Waals surface area contributed by atoms with Crippen LogP contribution in [0.15, 0.2) is 11.6 Å². The quantitative estimate of drug-likeness (QED) is 0.437. The third-order valence-electron chi connectivity index (χ3n) is 11.8. The van der Waals surface area contributed by atoms with E-state index in [-0.39, 0.29) is 47.6 Å². The first-order valence-corrected chi connectivity index (χ1v) is 14.2. The van der Waals surface area contributed by atoms with Gasteiger partial charge in [-0.25, -0.2) is 0 Å². The molecule has 5 rings (SSSR count). The molecule has 0 radical (unpaired) electrons. The lowest BCUT2D eigenvalue weighted by Crippen LogP contribution is -2.65. The third kappa shape index (κ3) is 3.60. The molecule has 6 nitrogen and oxygen atoms in total. The summed E-state index contributed by atoms with van der Waals surface area (Å²) in [6.07, 6.45) is 4.65. The highest BCUT2D eigenvalue weighted by atomic mass is 16.5. The average molecular weight is 503 g/mol. The fraction of sp³-hybridized carbons (Fsp3) is 0.867. The Morgan fingerprint density at radius 3 is 2.47 bits per heavy atom. The fourth-order valence-electron chi connectivity index (χ4n) is 9.48. The van der Waals surface area contributed by atoms with Gasteiger partial charge >= 0.3 is 5.97 Å². The van der Waals surface area contributed by atoms with Crippen LogP contribution in [-0.2, 0) is 19.1 Å². The summed E-state index contributed by atoms with van der Waals surface area (Å²) in [5, 5.41) is 21.6. The summed E-state index contributed by atoms with van der Waals surface area (Å²) in [7, 11) is 0. The van der Waals surface area contributed by atoms with Gasteiger partial charge in [-0.1, -0.05) is 39.3 Å². The number of allylic oxidation sites excluding steroid dienone is 1. The summed E-state index contributed by atoms with van der Waals surface area (Å²) >= 11 is 0. The number of aliphatic hydroxyl groups excluding tert-OH is 2. The van der Waals surface area contributed by atoms with E-state index in [1.807, 2.05) is 6.92 Å². The molecule has 2 N–H and O–H groups in total. The van der Waals surface area contributed by atoms with Gasteiger partial charge in [-0.3, -0.25) is 9.59 Å². The number of Topliss-reactive ketones (excluding diaryl/α,β-unsaturated/α-hetero) is 1. The van der Waals surface area contributed by atoms with Gasteiger partial charge in [0.2, 0.25) is 0 Å². The van der Waals surface area contributed by atoms with E-state index in [0.29, 0.717) is 12.3 Å². The Balaban J connectivity index is 1.54. The van der Waals surface area contributed by atoms with Crippen LogP contribution in [0, 0.1) is 46.3 Å². The van der Waals surface area contributed by atoms with Crippen molar-refractivity contribution in [1.82, 2.24) is 0 Å². The zero-order valence-electron chi connectivity index (χ0n) is 23.1. The molecule has 0 aromatic carbocycles. The largest absolute Gasteiger partial charge is 0.454 e. The molecule has 12 atom stereocenters. The Bertz CT molecular complexity index is 955. The molecule has 1 heterocycles. The number of carbonyl (C=O) groups excluding carboxylic acids is 2. The second kappa shape index (κ2) is 8.64. The molecular weight excluding hydrogens is 456 g/mol. The Hall–Kier alpha value is -1.24. The number of esters is 1. The van der Waals surface area contributed by atoms with Crippen molar-refractivity contribution in [2.45, 2.75) is 117 Å². The van der Waals surface area contributed by atoms with Crippen LogP contribution in [0.1, 0.15) is 87.0 Å². The van der Waals surface area contributed by atoms with Crippen molar-refractivity contribution in [3.8, 4) is 0 Å². The van der Waals surface area contributed by atoms with Gasteiger partial charge in [-0.2, -0.15) is 0 Å². The third-order valence-corrected chi connectivity index (χ3v) is 11.8. The SMILES string of the molecule is CC(=O)OC1C(=O)C2C(CC=C3CC(O)CC(O)C32C)C2CCC(C(C)C3CC(C)C(C)(C)O3)C12C. The van der Waals surface area contributed by atoms with Crippen molar-refractivity contribution in [2.75, 3.05) is 0 Å². The van der Waals surface area contributed by atoms with E-state index in [4.69, 9.17) is 9.47 Å². The molecule has 12 unspecified atom stereocenters. The Labute approximate surface area is 216 Å². The second-order valence-electron chi connectivity index (χ2n) is 13.8. The van der Waals surface area contributed by atoms with E-state index in [2.05, 4.69) is 40.7 Å². The van der Waals surface area contributed by atoms with Crippen LogP contribution in [0.5, 0.6) is 0 Å². The normalized spacial score (nSPS) is 50.5. The molecule has 0 aromatic heterocycles. The van der Waals surface area contributed by atoms with Crippen LogP contribution in [0.2, 0.25) is 0 Å². The van der Waals surface area contributed by atoms with Gasteiger partial charge in [-0.15, -0.1) is 0 Å². The van der Waals surface area contributed by atoms with E-state index in [9.17, 15) is 19.8 Å². The Kier molecular flexibility index (Phi) is 6.33. The minimum atomic E-state index is -0.821. The van der Waals surface area contributed by atoms with E-state index in [1.54, 1.807) is 0 Å². The molecule has 0 spiro atoms. The molecule has 202 valence electrons. The van der Waals surface area contributed by atoms with Crippen LogP contribution in [0.3, 0.4) is 0 Å². The van der Waals surface area contributed by atoms with Crippen molar-refractivity contribution in [2.24, 2.45) is 46.3 Å². The molecule has 1 aliphatic heterocycles. The standard InChI is InChI=1S/C30H46O6/c1-15-12-23(36-28(15,4)5)16(2)21-10-11-22-20-9-8-18-13-19(32)14-24(33)29(18,6)25(20)26(34)27(30(21,22)7)35-17(3)31/h8,15-16,19-25,27,32-33H,9-14H2,1-7H3. The highest BCUT2D eigenvalue weighted by molar-refractivity contribution is 5.91. The van der Waals surface area contributed by atoms with Crippen molar-refractivity contribution in [3.05, 3.63) is 11.6 Å². The lowest BCUT2D eigenvalue weighted by Gasteiger charge is -2.60. The zero-order valence-corrected chi connectivity index (χ0v) is 23.1. The summed E-state index contributed by atoms with van der Waals surface area (Å²) in [5.41, 5.74) is -0.367. The van der Waals surface area contributed by atoms with E-state index < -0.39 is 41.0 Å². The molecule has 4 fully saturated rings. The van der Waals surface area contributed by atoms with Crippen LogP contribution >= 0.6 is 0 Å². The summed E-state index contributed by atoms with van der Waals surface area (Å²) < 4.78 is 12.5. The van der Waals surface area contributed by atoms with Gasteiger partial charge in [0.15, 0.2) is 11.9 Å². The highest BCUT2D eigenvalue weighted by Crippen LogP contribution is 2.67. The molecule has 0 bridgehead atoms. The Morgan fingerprint density at radius 2 is 1.86 bits per heavy atom. The maximum atomic E-state index is 14.5. The molecule has 0 amide bonds. The van der Waals surface area contributed by atoms with Crippen LogP contribution in [0.4, 0.5) is 0 Å². The molecule has 1 saturated heterocycles. The van der Waals surface area contributed by atoms with Crippen molar-refractivity contribution < 1.29 is 29.3 Å². The van der Waals surface area contributed by atoms with Crippen LogP contribution in [0.25, 0.3) is 0 Å². The van der Waals surface area contributed by atoms with Crippen molar-refractivity contribution in [3.63, 3.8) is 0 Å². The smallest absolute Gasteiger partial charge is 0.303 e. The summed E-state index contributed by atoms with van der Waals surface area (Å²) in [4.78, 5) is 26.9. The van der Waals surface area contributed by atoms with Crippen molar-refractivity contribution in [1.29, 1.82) is 0 Å². The first-order valence-electron chi connectivity index (χ1n) is 14.2. The topological polar surface area (TPSA) is 93.1 Å². The van der Waals surface area contributed by atoms with Gasteiger partial charge in [-0.05, 0) is 75.5 Å². The number of fused-ring (bicyclic) bond motifs is 5. The number of rotatable bonds is 3. The first-order chi connectivity index (χ1) is 16.7. The van der Waals surface area contributed by atoms with Gasteiger partial charge in [0.05, 0.1) is 23.9 Å². The van der Waals surface area contributed by atoms with E-state index >= 15 is 0 Å². The molecule has 4 aliphatic carbocycles. The minimum Gasteiger partial charge on any atom is -0.454 e. The van der Waals surface area contributed by atoms with E-state index in [1.165, 1.54) is 6.92 Å². The lowest BCUT2D eigenvalue weighted by atomic mass is 9.45. The van der Waals surface area contributed by atoms with Crippen LogP contribution < -0.4 is 0 Å². The van der Waals surface area contributed by atoms with Gasteiger partial charge < -0.3 is 19.7 Å². The van der Waals surface area contributed by atoms with Gasteiger partial charge in [0.25, 0.3) is 0 Å². The maximum absolute atomic E-state index is 14.5. The molecular formula is C30H46O6. The van der Waals surface area contributed by atoms with Gasteiger partial charge in [0, 0.05) is 30.1 Å². The number of ether oxygens (including phenoxy) is 2. The van der Waals surface area contributed by atoms with Crippen LogP contribution in [-0.4, -0.2) is 52.0 Å². The molecule has 5 aliphatic rings. The number of carbonyl (C=O) groups is 2. The number of hydrogen-bond acceptors (Lipinski definition) is 6. The summed E-state index contributed by atoms with van der Waals surface area (Å²) in [5.74, 6) is 0.375. The molecule has 6 heteroatoms. The van der Waals surface area contributed by atoms with Gasteiger partial charge in [0.1, 0.15) is 0 Å². The predicted molar refractivity (Wildman–Crippen MR) is 136 cm³/mol. The fourth-order valence-corrected chi connectivity index (χ4v) is 9.48. The summed E-state index contributed by atoms with van der Waals surface area (Å²) in [6.45, 7) is 14.4. The minimum absolute atomic E-state index is 0.0300. The second-order valence-corrected chi connectivity index (χ2v) is 13.8. The first kappa shape index (κ1) is 26.4. The highest BCUT2D eigenvalue weighted by Gasteiger charge is 2.69. The number of ketones is 1. The number of aliphatic hydroxyl groups is 2. The maximum Gasteiger partial charge on any atom is 0.303 e. The number of hydrogen-bond donors (Lipinski definition) is 2. The summed E-state index contributed by atoms with van der Waals surface area (Å²) in [6, 6.07) is 0. The predicted octanol–water partition coefficient (Wildman–Crippen LogP) is 4.46. The van der Waals surface area contributed by atoms with E-state index in [0.717, 1.165) is 31.3 Å². The molecule has 3 saturated carbocycles. The molecule has 0 aromatic rings. The molecule has 36 heavy (non-hydrogen) atoms. The zero-order chi connectivity index (χ0) is 26.4. The monoisotopic (exact) mass is 502 g/mol. The lowest BCUT2D eigenvalue weighted by molar-refractivity contribution is -0.193. The average Bonchev–Trinajstić information content (AvgIpc) is 3.27. The van der Waals surface area contributed by atoms with Crippen molar-refractivity contribution >= 4 is 11.8 Å². The Morgan fingerprint density at radius 1 is 1.17 bits per heavy atom.